The molecule has 22 heavy (non-hydrogen) atoms. The van der Waals surface area contributed by atoms with Gasteiger partial charge in [0, 0.05) is 45.9 Å². The highest BCUT2D eigenvalue weighted by atomic mass is 16.3. The summed E-state index contributed by atoms with van der Waals surface area (Å²) < 4.78 is 5.25. The van der Waals surface area contributed by atoms with E-state index < -0.39 is 0 Å². The average Bonchev–Trinajstić information content (AvgIpc) is 3.01. The Morgan fingerprint density at radius 3 is 2.64 bits per heavy atom. The predicted octanol–water partition coefficient (Wildman–Crippen LogP) is 0.526. The van der Waals surface area contributed by atoms with E-state index in [1.807, 2.05) is 12.1 Å². The number of hydrogen-bond donors (Lipinski definition) is 2. The molecule has 0 aromatic carbocycles. The van der Waals surface area contributed by atoms with Gasteiger partial charge in [0.1, 0.15) is 5.76 Å². The van der Waals surface area contributed by atoms with Crippen molar-refractivity contribution in [3.8, 4) is 0 Å². The Kier molecular flexibility index (Phi) is 6.00. The number of carbonyl (C=O) groups is 2. The lowest BCUT2D eigenvalue weighted by atomic mass is 10.1. The smallest absolute Gasteiger partial charge is 0.229 e. The molecule has 7 nitrogen and oxygen atoms in total. The fourth-order valence-electron chi connectivity index (χ4n) is 2.31. The molecule has 1 saturated heterocycles. The van der Waals surface area contributed by atoms with Crippen LogP contribution in [0.5, 0.6) is 0 Å². The Morgan fingerprint density at radius 2 is 2.00 bits per heavy atom. The number of nitrogens with zero attached hydrogens (tertiary/aromatic N) is 2. The first kappa shape index (κ1) is 16.1. The minimum absolute atomic E-state index is 0.0844. The topological polar surface area (TPSA) is 86.9 Å². The van der Waals surface area contributed by atoms with Crippen LogP contribution in [0.15, 0.2) is 27.8 Å². The molecule has 0 spiro atoms. The Balaban J connectivity index is 1.67. The Labute approximate surface area is 129 Å². The summed E-state index contributed by atoms with van der Waals surface area (Å²) in [5, 5.41) is 6.26. The maximum absolute atomic E-state index is 11.7. The second kappa shape index (κ2) is 8.21. The molecule has 2 amide bonds. The molecule has 120 valence electrons. The summed E-state index contributed by atoms with van der Waals surface area (Å²) in [6, 6.07) is 3.78. The SMILES string of the molecule is CN=C(NCCc1ccco1)NCCN1C(=O)CCCC1=O. The maximum atomic E-state index is 11.7. The molecule has 1 fully saturated rings. The van der Waals surface area contributed by atoms with Gasteiger partial charge in [0.15, 0.2) is 5.96 Å². The van der Waals surface area contributed by atoms with E-state index in [0.29, 0.717) is 44.9 Å². The number of piperidine rings is 1. The summed E-state index contributed by atoms with van der Waals surface area (Å²) in [5.41, 5.74) is 0. The number of nitrogens with one attached hydrogen (secondary N) is 2. The normalized spacial score (nSPS) is 16.0. The van der Waals surface area contributed by atoms with E-state index in [0.717, 1.165) is 12.2 Å². The third kappa shape index (κ3) is 4.61. The zero-order valence-electron chi connectivity index (χ0n) is 12.8. The van der Waals surface area contributed by atoms with Crippen molar-refractivity contribution in [2.45, 2.75) is 25.7 Å². The molecule has 7 heteroatoms. The number of rotatable bonds is 6. The monoisotopic (exact) mass is 306 g/mol. The van der Waals surface area contributed by atoms with Gasteiger partial charge in [-0.2, -0.15) is 0 Å². The fourth-order valence-corrected chi connectivity index (χ4v) is 2.31. The lowest BCUT2D eigenvalue weighted by Gasteiger charge is -2.25. The first-order chi connectivity index (χ1) is 10.7. The summed E-state index contributed by atoms with van der Waals surface area (Å²) in [6.45, 7) is 1.54. The number of furan rings is 1. The number of aliphatic imine (C=N–C) groups is 1. The molecular formula is C15H22N4O3. The van der Waals surface area contributed by atoms with Gasteiger partial charge >= 0.3 is 0 Å². The number of hydrogen-bond acceptors (Lipinski definition) is 4. The molecule has 1 aromatic heterocycles. The van der Waals surface area contributed by atoms with Crippen molar-refractivity contribution in [2.75, 3.05) is 26.7 Å². The van der Waals surface area contributed by atoms with Crippen molar-refractivity contribution in [3.63, 3.8) is 0 Å². The molecule has 1 aromatic rings. The average molecular weight is 306 g/mol. The molecule has 2 rings (SSSR count). The van der Waals surface area contributed by atoms with E-state index in [4.69, 9.17) is 4.42 Å². The van der Waals surface area contributed by atoms with Crippen LogP contribution in [0.4, 0.5) is 0 Å². The Morgan fingerprint density at radius 1 is 1.27 bits per heavy atom. The lowest BCUT2D eigenvalue weighted by molar-refractivity contribution is -0.147. The number of guanidine groups is 1. The molecule has 0 atom stereocenters. The standard InChI is InChI=1S/C15H22N4O3/c1-16-15(17-8-7-12-4-3-11-22-12)18-9-10-19-13(20)5-2-6-14(19)21/h3-4,11H,2,5-10H2,1H3,(H2,16,17,18). The number of amides is 2. The summed E-state index contributed by atoms with van der Waals surface area (Å²) in [7, 11) is 1.68. The molecule has 0 radical (unpaired) electrons. The third-order valence-electron chi connectivity index (χ3n) is 3.48. The highest BCUT2D eigenvalue weighted by molar-refractivity contribution is 5.97. The van der Waals surface area contributed by atoms with Gasteiger partial charge in [0.2, 0.25) is 11.8 Å². The maximum Gasteiger partial charge on any atom is 0.229 e. The highest BCUT2D eigenvalue weighted by Gasteiger charge is 2.25. The van der Waals surface area contributed by atoms with Gasteiger partial charge in [0.25, 0.3) is 0 Å². The molecule has 0 saturated carbocycles. The number of carbonyl (C=O) groups excluding carboxylic acids is 2. The van der Waals surface area contributed by atoms with Crippen LogP contribution in [0.1, 0.15) is 25.0 Å². The summed E-state index contributed by atoms with van der Waals surface area (Å²) in [6.07, 6.45) is 3.99. The van der Waals surface area contributed by atoms with E-state index in [-0.39, 0.29) is 11.8 Å². The van der Waals surface area contributed by atoms with Crippen LogP contribution < -0.4 is 10.6 Å². The van der Waals surface area contributed by atoms with Crippen molar-refractivity contribution in [3.05, 3.63) is 24.2 Å². The number of imide groups is 1. The van der Waals surface area contributed by atoms with Crippen LogP contribution in [0.25, 0.3) is 0 Å². The zero-order chi connectivity index (χ0) is 15.8. The minimum atomic E-state index is -0.0844. The van der Waals surface area contributed by atoms with Gasteiger partial charge in [-0.15, -0.1) is 0 Å². The second-order valence-electron chi connectivity index (χ2n) is 5.05. The quantitative estimate of drug-likeness (QED) is 0.455. The molecule has 1 aliphatic rings. The molecule has 1 aliphatic heterocycles. The zero-order valence-corrected chi connectivity index (χ0v) is 12.8. The van der Waals surface area contributed by atoms with Gasteiger partial charge < -0.3 is 15.1 Å². The van der Waals surface area contributed by atoms with Crippen LogP contribution >= 0.6 is 0 Å². The van der Waals surface area contributed by atoms with Crippen molar-refractivity contribution >= 4 is 17.8 Å². The van der Waals surface area contributed by atoms with Crippen molar-refractivity contribution < 1.29 is 14.0 Å². The van der Waals surface area contributed by atoms with Gasteiger partial charge in [-0.05, 0) is 18.6 Å². The largest absolute Gasteiger partial charge is 0.469 e. The summed E-state index contributed by atoms with van der Waals surface area (Å²) >= 11 is 0. The van der Waals surface area contributed by atoms with E-state index in [1.165, 1.54) is 4.90 Å². The van der Waals surface area contributed by atoms with Crippen LogP contribution in [0.3, 0.4) is 0 Å². The third-order valence-corrected chi connectivity index (χ3v) is 3.48. The van der Waals surface area contributed by atoms with Gasteiger partial charge in [-0.25, -0.2) is 0 Å². The summed E-state index contributed by atoms with van der Waals surface area (Å²) in [5.74, 6) is 1.38. The highest BCUT2D eigenvalue weighted by Crippen LogP contribution is 2.11. The van der Waals surface area contributed by atoms with Crippen LogP contribution in [0.2, 0.25) is 0 Å². The number of likely N-dealkylation sites (tertiary alicyclic amines) is 1. The first-order valence-electron chi connectivity index (χ1n) is 7.51. The van der Waals surface area contributed by atoms with Crippen molar-refractivity contribution in [1.82, 2.24) is 15.5 Å². The fraction of sp³-hybridized carbons (Fsp3) is 0.533. The van der Waals surface area contributed by atoms with Gasteiger partial charge in [-0.1, -0.05) is 0 Å². The van der Waals surface area contributed by atoms with E-state index >= 15 is 0 Å². The minimum Gasteiger partial charge on any atom is -0.469 e. The molecule has 0 unspecified atom stereocenters. The van der Waals surface area contributed by atoms with E-state index in [1.54, 1.807) is 13.3 Å². The molecule has 0 aliphatic carbocycles. The molecule has 2 heterocycles. The van der Waals surface area contributed by atoms with Crippen molar-refractivity contribution in [2.24, 2.45) is 4.99 Å². The van der Waals surface area contributed by atoms with Crippen LogP contribution in [-0.2, 0) is 16.0 Å². The molecule has 2 N–H and O–H groups in total. The molecular weight excluding hydrogens is 284 g/mol. The molecule has 0 bridgehead atoms. The van der Waals surface area contributed by atoms with E-state index in [9.17, 15) is 9.59 Å². The second-order valence-corrected chi connectivity index (χ2v) is 5.05. The lowest BCUT2D eigenvalue weighted by Crippen LogP contribution is -2.46. The van der Waals surface area contributed by atoms with Crippen LogP contribution in [-0.4, -0.2) is 49.4 Å². The van der Waals surface area contributed by atoms with Gasteiger partial charge in [-0.3, -0.25) is 19.5 Å². The first-order valence-corrected chi connectivity index (χ1v) is 7.51. The van der Waals surface area contributed by atoms with Gasteiger partial charge in [0.05, 0.1) is 6.26 Å². The summed E-state index contributed by atoms with van der Waals surface area (Å²) in [4.78, 5) is 28.8. The Bertz CT molecular complexity index is 509. The Hall–Kier alpha value is -2.31. The predicted molar refractivity (Wildman–Crippen MR) is 82.3 cm³/mol. The van der Waals surface area contributed by atoms with E-state index in [2.05, 4.69) is 15.6 Å². The van der Waals surface area contributed by atoms with Crippen LogP contribution in [0, 0.1) is 0 Å². The van der Waals surface area contributed by atoms with Crippen molar-refractivity contribution in [1.29, 1.82) is 0 Å².